The number of amides is 1. The minimum Gasteiger partial charge on any atom is -0.497 e. The molecule has 0 heterocycles. The largest absolute Gasteiger partial charge is 0.497 e. The molecule has 1 amide bonds. The molecule has 0 aromatic heterocycles. The Kier molecular flexibility index (Phi) is 7.56. The summed E-state index contributed by atoms with van der Waals surface area (Å²) in [4.78, 5) is 17.5. The first kappa shape index (κ1) is 21.9. The number of benzene rings is 2. The molecule has 0 saturated carbocycles. The Bertz CT molecular complexity index is 867. The molecule has 0 saturated heterocycles. The molecule has 152 valence electrons. The number of carbonyl (C=O) groups is 1. The van der Waals surface area contributed by atoms with Crippen LogP contribution in [-0.2, 0) is 26.2 Å². The van der Waals surface area contributed by atoms with E-state index in [1.165, 1.54) is 30.7 Å². The van der Waals surface area contributed by atoms with E-state index < -0.39 is 22.0 Å². The van der Waals surface area contributed by atoms with Crippen LogP contribution in [0.2, 0.25) is 0 Å². The molecular weight excluding hydrogens is 380 g/mol. The number of ether oxygens (including phenoxy) is 1. The number of nitrogens with zero attached hydrogens (tertiary/aromatic N) is 1. The topological polar surface area (TPSA) is 84.9 Å². The van der Waals surface area contributed by atoms with Gasteiger partial charge in [-0.15, -0.1) is 0 Å². The molecule has 1 N–H and O–H groups in total. The van der Waals surface area contributed by atoms with Crippen molar-refractivity contribution < 1.29 is 22.8 Å². The van der Waals surface area contributed by atoms with E-state index in [0.717, 1.165) is 5.56 Å². The Morgan fingerprint density at radius 2 is 1.64 bits per heavy atom. The molecular formula is C20H26N2O5S. The standard InChI is InChI=1S/C20H26N2O5S/c1-15(2)19(20(23)21-27-4)22(14-16-8-6-5-7-9-16)28(24,25)18-12-10-17(26-3)11-13-18/h5-13,15,19H,14H2,1-4H3,(H,21,23)/t19-/m1/s1. The number of sulfonamides is 1. The van der Waals surface area contributed by atoms with Crippen molar-refractivity contribution in [2.24, 2.45) is 5.92 Å². The second kappa shape index (κ2) is 9.68. The molecule has 0 aliphatic heterocycles. The van der Waals surface area contributed by atoms with E-state index in [9.17, 15) is 13.2 Å². The number of hydrogen-bond acceptors (Lipinski definition) is 5. The van der Waals surface area contributed by atoms with Crippen LogP contribution in [0.15, 0.2) is 59.5 Å². The summed E-state index contributed by atoms with van der Waals surface area (Å²) >= 11 is 0. The Morgan fingerprint density at radius 3 is 2.14 bits per heavy atom. The number of hydrogen-bond donors (Lipinski definition) is 1. The van der Waals surface area contributed by atoms with Crippen LogP contribution in [0.25, 0.3) is 0 Å². The average Bonchev–Trinajstić information content (AvgIpc) is 2.68. The molecule has 2 aromatic rings. The molecule has 0 unspecified atom stereocenters. The van der Waals surface area contributed by atoms with Crippen LogP contribution in [0.5, 0.6) is 5.75 Å². The third-order valence-electron chi connectivity index (χ3n) is 4.26. The first-order valence-electron chi connectivity index (χ1n) is 8.84. The van der Waals surface area contributed by atoms with Crippen LogP contribution in [0.4, 0.5) is 0 Å². The first-order valence-corrected chi connectivity index (χ1v) is 10.3. The third-order valence-corrected chi connectivity index (χ3v) is 6.10. The van der Waals surface area contributed by atoms with Crippen LogP contribution in [-0.4, -0.2) is 38.9 Å². The Balaban J connectivity index is 2.52. The van der Waals surface area contributed by atoms with Gasteiger partial charge in [0.15, 0.2) is 0 Å². The van der Waals surface area contributed by atoms with Crippen LogP contribution in [0, 0.1) is 5.92 Å². The predicted molar refractivity (Wildman–Crippen MR) is 106 cm³/mol. The second-order valence-corrected chi connectivity index (χ2v) is 8.46. The molecule has 0 spiro atoms. The lowest BCUT2D eigenvalue weighted by Gasteiger charge is -2.32. The summed E-state index contributed by atoms with van der Waals surface area (Å²) in [6.07, 6.45) is 0. The van der Waals surface area contributed by atoms with Gasteiger partial charge in [-0.05, 0) is 35.7 Å². The monoisotopic (exact) mass is 406 g/mol. The fraction of sp³-hybridized carbons (Fsp3) is 0.350. The molecule has 0 aliphatic rings. The zero-order valence-corrected chi connectivity index (χ0v) is 17.3. The van der Waals surface area contributed by atoms with Crippen LogP contribution < -0.4 is 10.2 Å². The molecule has 2 rings (SSSR count). The maximum atomic E-state index is 13.5. The van der Waals surface area contributed by atoms with Gasteiger partial charge < -0.3 is 4.74 Å². The van der Waals surface area contributed by atoms with Crippen molar-refractivity contribution in [1.82, 2.24) is 9.79 Å². The maximum absolute atomic E-state index is 13.5. The highest BCUT2D eigenvalue weighted by Gasteiger charge is 2.38. The predicted octanol–water partition coefficient (Wildman–Crippen LogP) is 2.59. The smallest absolute Gasteiger partial charge is 0.262 e. The van der Waals surface area contributed by atoms with Crippen LogP contribution in [0.3, 0.4) is 0 Å². The normalized spacial score (nSPS) is 12.8. The molecule has 0 fully saturated rings. The summed E-state index contributed by atoms with van der Waals surface area (Å²) < 4.78 is 33.2. The van der Waals surface area contributed by atoms with Crippen molar-refractivity contribution in [1.29, 1.82) is 0 Å². The summed E-state index contributed by atoms with van der Waals surface area (Å²) in [6.45, 7) is 3.64. The van der Waals surface area contributed by atoms with Crippen molar-refractivity contribution in [2.45, 2.75) is 31.3 Å². The van der Waals surface area contributed by atoms with Crippen LogP contribution >= 0.6 is 0 Å². The SMILES string of the molecule is CONC(=O)[C@@H](C(C)C)N(Cc1ccccc1)S(=O)(=O)c1ccc(OC)cc1. The lowest BCUT2D eigenvalue weighted by atomic mass is 10.0. The van der Waals surface area contributed by atoms with Gasteiger partial charge in [0.1, 0.15) is 11.8 Å². The number of nitrogens with one attached hydrogen (secondary N) is 1. The van der Waals surface area contributed by atoms with E-state index in [2.05, 4.69) is 5.48 Å². The van der Waals surface area contributed by atoms with Gasteiger partial charge in [-0.25, -0.2) is 13.9 Å². The number of hydroxylamine groups is 1. The van der Waals surface area contributed by atoms with Gasteiger partial charge in [-0.3, -0.25) is 9.63 Å². The summed E-state index contributed by atoms with van der Waals surface area (Å²) in [5.41, 5.74) is 3.04. The summed E-state index contributed by atoms with van der Waals surface area (Å²) in [5.74, 6) is -0.261. The fourth-order valence-corrected chi connectivity index (χ4v) is 4.61. The maximum Gasteiger partial charge on any atom is 0.262 e. The van der Waals surface area contributed by atoms with Gasteiger partial charge in [0.2, 0.25) is 10.0 Å². The van der Waals surface area contributed by atoms with Crippen molar-refractivity contribution in [3.8, 4) is 5.75 Å². The van der Waals surface area contributed by atoms with Crippen molar-refractivity contribution in [2.75, 3.05) is 14.2 Å². The molecule has 0 radical (unpaired) electrons. The quantitative estimate of drug-likeness (QED) is 0.647. The molecule has 2 aromatic carbocycles. The minimum absolute atomic E-state index is 0.0508. The summed E-state index contributed by atoms with van der Waals surface area (Å²) in [6, 6.07) is 14.3. The van der Waals surface area contributed by atoms with Gasteiger partial charge in [0.05, 0.1) is 19.1 Å². The Morgan fingerprint density at radius 1 is 1.04 bits per heavy atom. The number of rotatable bonds is 9. The lowest BCUT2D eigenvalue weighted by Crippen LogP contribution is -2.51. The minimum atomic E-state index is -3.97. The van der Waals surface area contributed by atoms with Gasteiger partial charge in [-0.1, -0.05) is 44.2 Å². The van der Waals surface area contributed by atoms with E-state index >= 15 is 0 Å². The van der Waals surface area contributed by atoms with Crippen molar-refractivity contribution in [3.63, 3.8) is 0 Å². The van der Waals surface area contributed by atoms with E-state index in [1.807, 2.05) is 30.3 Å². The molecule has 0 aliphatic carbocycles. The molecule has 7 nitrogen and oxygen atoms in total. The highest BCUT2D eigenvalue weighted by molar-refractivity contribution is 7.89. The van der Waals surface area contributed by atoms with Gasteiger partial charge in [-0.2, -0.15) is 4.31 Å². The summed E-state index contributed by atoms with van der Waals surface area (Å²) in [7, 11) is -1.15. The van der Waals surface area contributed by atoms with Crippen molar-refractivity contribution in [3.05, 3.63) is 60.2 Å². The van der Waals surface area contributed by atoms with E-state index in [-0.39, 0.29) is 17.4 Å². The molecule has 8 heteroatoms. The summed E-state index contributed by atoms with van der Waals surface area (Å²) in [5, 5.41) is 0. The zero-order valence-electron chi connectivity index (χ0n) is 16.5. The molecule has 0 bridgehead atoms. The van der Waals surface area contributed by atoms with Gasteiger partial charge in [0.25, 0.3) is 5.91 Å². The Labute approximate surface area is 166 Å². The number of carbonyl (C=O) groups excluding carboxylic acids is 1. The zero-order chi connectivity index (χ0) is 20.7. The van der Waals surface area contributed by atoms with E-state index in [1.54, 1.807) is 26.0 Å². The molecule has 28 heavy (non-hydrogen) atoms. The van der Waals surface area contributed by atoms with Gasteiger partial charge >= 0.3 is 0 Å². The first-order chi connectivity index (χ1) is 13.3. The average molecular weight is 407 g/mol. The molecule has 1 atom stereocenters. The fourth-order valence-electron chi connectivity index (χ4n) is 2.91. The number of methoxy groups -OCH3 is 1. The van der Waals surface area contributed by atoms with E-state index in [4.69, 9.17) is 9.57 Å². The van der Waals surface area contributed by atoms with E-state index in [0.29, 0.717) is 5.75 Å². The Hall–Kier alpha value is -2.42. The highest BCUT2D eigenvalue weighted by Crippen LogP contribution is 2.26. The third kappa shape index (κ3) is 5.09. The van der Waals surface area contributed by atoms with Crippen molar-refractivity contribution >= 4 is 15.9 Å². The van der Waals surface area contributed by atoms with Crippen LogP contribution in [0.1, 0.15) is 19.4 Å². The van der Waals surface area contributed by atoms with Gasteiger partial charge in [0, 0.05) is 6.54 Å². The highest BCUT2D eigenvalue weighted by atomic mass is 32.2. The second-order valence-electron chi connectivity index (χ2n) is 6.57. The lowest BCUT2D eigenvalue weighted by molar-refractivity contribution is -0.136.